The summed E-state index contributed by atoms with van der Waals surface area (Å²) in [5.41, 5.74) is 12.0. The summed E-state index contributed by atoms with van der Waals surface area (Å²) < 4.78 is 0. The first kappa shape index (κ1) is 10.6. The van der Waals surface area contributed by atoms with Gasteiger partial charge in [-0.2, -0.15) is 9.97 Å². The SMILES string of the molecule is Cc1nc(CNc2cc(N)nc(N)n2)cs1. The lowest BCUT2D eigenvalue weighted by Gasteiger charge is -2.04. The highest BCUT2D eigenvalue weighted by atomic mass is 32.1. The Morgan fingerprint density at radius 3 is 2.75 bits per heavy atom. The highest BCUT2D eigenvalue weighted by Crippen LogP contribution is 2.12. The molecule has 2 heterocycles. The summed E-state index contributed by atoms with van der Waals surface area (Å²) in [7, 11) is 0. The van der Waals surface area contributed by atoms with Crippen LogP contribution in [-0.2, 0) is 6.54 Å². The van der Waals surface area contributed by atoms with Crippen molar-refractivity contribution in [1.82, 2.24) is 15.0 Å². The van der Waals surface area contributed by atoms with Gasteiger partial charge < -0.3 is 16.8 Å². The third-order valence-corrected chi connectivity index (χ3v) is 2.70. The Bertz CT molecular complexity index is 474. The van der Waals surface area contributed by atoms with Gasteiger partial charge in [0, 0.05) is 11.4 Å². The number of rotatable bonds is 3. The third kappa shape index (κ3) is 2.57. The summed E-state index contributed by atoms with van der Waals surface area (Å²) in [6.07, 6.45) is 0. The first-order valence-corrected chi connectivity index (χ1v) is 5.56. The standard InChI is InChI=1S/C9H12N6S/c1-5-13-6(4-16-5)3-12-8-2-7(10)14-9(11)15-8/h2,4H,3H2,1H3,(H5,10,11,12,14,15). The molecule has 0 saturated carbocycles. The second-order valence-corrected chi connectivity index (χ2v) is 4.31. The number of nitrogens with zero attached hydrogens (tertiary/aromatic N) is 3. The van der Waals surface area contributed by atoms with Gasteiger partial charge in [0.15, 0.2) is 0 Å². The molecular formula is C9H12N6S. The lowest BCUT2D eigenvalue weighted by molar-refractivity contribution is 1.03. The van der Waals surface area contributed by atoms with Gasteiger partial charge in [-0.15, -0.1) is 11.3 Å². The van der Waals surface area contributed by atoms with Crippen molar-refractivity contribution in [2.24, 2.45) is 0 Å². The molecule has 0 aliphatic heterocycles. The summed E-state index contributed by atoms with van der Waals surface area (Å²) in [6, 6.07) is 1.63. The first-order chi connectivity index (χ1) is 7.63. The second-order valence-electron chi connectivity index (χ2n) is 3.25. The Kier molecular flexibility index (Phi) is 2.86. The van der Waals surface area contributed by atoms with Crippen molar-refractivity contribution >= 4 is 28.9 Å². The van der Waals surface area contributed by atoms with E-state index in [4.69, 9.17) is 11.5 Å². The zero-order valence-corrected chi connectivity index (χ0v) is 9.58. The molecule has 2 aromatic rings. The maximum Gasteiger partial charge on any atom is 0.223 e. The van der Waals surface area contributed by atoms with E-state index in [-0.39, 0.29) is 5.95 Å². The maximum atomic E-state index is 5.55. The Balaban J connectivity index is 2.04. The third-order valence-electron chi connectivity index (χ3n) is 1.88. The van der Waals surface area contributed by atoms with Crippen molar-refractivity contribution in [2.75, 3.05) is 16.8 Å². The molecule has 0 aliphatic carbocycles. The molecule has 0 aliphatic rings. The molecule has 0 saturated heterocycles. The molecule has 0 radical (unpaired) electrons. The van der Waals surface area contributed by atoms with Gasteiger partial charge in [0.05, 0.1) is 17.2 Å². The average molecular weight is 236 g/mol. The molecule has 0 fully saturated rings. The Morgan fingerprint density at radius 2 is 2.12 bits per heavy atom. The van der Waals surface area contributed by atoms with Crippen molar-refractivity contribution in [3.05, 3.63) is 22.1 Å². The number of hydrogen-bond donors (Lipinski definition) is 3. The fraction of sp³-hybridized carbons (Fsp3) is 0.222. The quantitative estimate of drug-likeness (QED) is 0.735. The minimum absolute atomic E-state index is 0.164. The summed E-state index contributed by atoms with van der Waals surface area (Å²) >= 11 is 1.61. The minimum Gasteiger partial charge on any atom is -0.383 e. The molecule has 16 heavy (non-hydrogen) atoms. The lowest BCUT2D eigenvalue weighted by atomic mass is 10.4. The van der Waals surface area contributed by atoms with E-state index in [0.29, 0.717) is 18.2 Å². The Hall–Kier alpha value is -1.89. The zero-order chi connectivity index (χ0) is 11.5. The van der Waals surface area contributed by atoms with Crippen molar-refractivity contribution in [1.29, 1.82) is 0 Å². The number of thiazole rings is 1. The van der Waals surface area contributed by atoms with E-state index in [1.54, 1.807) is 17.4 Å². The molecule has 0 unspecified atom stereocenters. The van der Waals surface area contributed by atoms with Crippen LogP contribution in [0.5, 0.6) is 0 Å². The van der Waals surface area contributed by atoms with Crippen LogP contribution in [0.1, 0.15) is 10.7 Å². The van der Waals surface area contributed by atoms with Crippen LogP contribution >= 0.6 is 11.3 Å². The summed E-state index contributed by atoms with van der Waals surface area (Å²) in [5.74, 6) is 1.12. The molecule has 2 aromatic heterocycles. The second kappa shape index (κ2) is 4.31. The molecule has 0 bridgehead atoms. The zero-order valence-electron chi connectivity index (χ0n) is 8.77. The first-order valence-electron chi connectivity index (χ1n) is 4.68. The van der Waals surface area contributed by atoms with E-state index in [1.165, 1.54) is 0 Å². The van der Waals surface area contributed by atoms with E-state index in [9.17, 15) is 0 Å². The number of anilines is 3. The molecule has 0 aromatic carbocycles. The van der Waals surface area contributed by atoms with Gasteiger partial charge in [-0.25, -0.2) is 4.98 Å². The van der Waals surface area contributed by atoms with Gasteiger partial charge in [-0.05, 0) is 6.92 Å². The molecular weight excluding hydrogens is 224 g/mol. The summed E-state index contributed by atoms with van der Waals surface area (Å²) in [5, 5.41) is 6.13. The molecule has 5 N–H and O–H groups in total. The van der Waals surface area contributed by atoms with Crippen molar-refractivity contribution in [3.8, 4) is 0 Å². The van der Waals surface area contributed by atoms with Gasteiger partial charge in [-0.3, -0.25) is 0 Å². The van der Waals surface area contributed by atoms with Gasteiger partial charge >= 0.3 is 0 Å². The molecule has 84 valence electrons. The van der Waals surface area contributed by atoms with Gasteiger partial charge in [0.25, 0.3) is 0 Å². The van der Waals surface area contributed by atoms with Crippen LogP contribution in [-0.4, -0.2) is 15.0 Å². The van der Waals surface area contributed by atoms with Crippen LogP contribution in [0.25, 0.3) is 0 Å². The van der Waals surface area contributed by atoms with Crippen LogP contribution in [0.15, 0.2) is 11.4 Å². The van der Waals surface area contributed by atoms with E-state index in [0.717, 1.165) is 10.7 Å². The Morgan fingerprint density at radius 1 is 1.31 bits per heavy atom. The van der Waals surface area contributed by atoms with Crippen molar-refractivity contribution < 1.29 is 0 Å². The largest absolute Gasteiger partial charge is 0.383 e. The van der Waals surface area contributed by atoms with Crippen LogP contribution in [0.3, 0.4) is 0 Å². The van der Waals surface area contributed by atoms with E-state index in [1.807, 2.05) is 12.3 Å². The smallest absolute Gasteiger partial charge is 0.223 e. The van der Waals surface area contributed by atoms with E-state index < -0.39 is 0 Å². The number of aryl methyl sites for hydroxylation is 1. The van der Waals surface area contributed by atoms with Crippen LogP contribution < -0.4 is 16.8 Å². The van der Waals surface area contributed by atoms with Crippen molar-refractivity contribution in [3.63, 3.8) is 0 Å². The van der Waals surface area contributed by atoms with E-state index in [2.05, 4.69) is 20.3 Å². The predicted octanol–water partition coefficient (Wildman–Crippen LogP) is 1.02. The number of aromatic nitrogens is 3. The maximum absolute atomic E-state index is 5.55. The van der Waals surface area contributed by atoms with Gasteiger partial charge in [-0.1, -0.05) is 0 Å². The summed E-state index contributed by atoms with van der Waals surface area (Å²) in [6.45, 7) is 2.56. The molecule has 2 rings (SSSR count). The normalized spacial score (nSPS) is 10.3. The van der Waals surface area contributed by atoms with Crippen molar-refractivity contribution in [2.45, 2.75) is 13.5 Å². The van der Waals surface area contributed by atoms with E-state index >= 15 is 0 Å². The molecule has 0 atom stereocenters. The Labute approximate surface area is 96.7 Å². The monoisotopic (exact) mass is 236 g/mol. The van der Waals surface area contributed by atoms with Gasteiger partial charge in [0.2, 0.25) is 5.95 Å². The molecule has 0 spiro atoms. The highest BCUT2D eigenvalue weighted by molar-refractivity contribution is 7.09. The topological polar surface area (TPSA) is 103 Å². The van der Waals surface area contributed by atoms with Crippen LogP contribution in [0, 0.1) is 6.92 Å². The molecule has 0 amide bonds. The minimum atomic E-state index is 0.164. The molecule has 7 heteroatoms. The molecule has 6 nitrogen and oxygen atoms in total. The average Bonchev–Trinajstić information content (AvgIpc) is 2.60. The lowest BCUT2D eigenvalue weighted by Crippen LogP contribution is -2.06. The fourth-order valence-corrected chi connectivity index (χ4v) is 1.86. The highest BCUT2D eigenvalue weighted by Gasteiger charge is 2.01. The number of nitrogens with one attached hydrogen (secondary N) is 1. The number of nitrogen functional groups attached to an aromatic ring is 2. The van der Waals surface area contributed by atoms with Crippen LogP contribution in [0.2, 0.25) is 0 Å². The summed E-state index contributed by atoms with van der Waals surface area (Å²) in [4.78, 5) is 12.1. The predicted molar refractivity (Wildman–Crippen MR) is 65.0 cm³/mol. The number of hydrogen-bond acceptors (Lipinski definition) is 7. The fourth-order valence-electron chi connectivity index (χ4n) is 1.25. The number of nitrogens with two attached hydrogens (primary N) is 2. The van der Waals surface area contributed by atoms with Crippen LogP contribution in [0.4, 0.5) is 17.6 Å². The van der Waals surface area contributed by atoms with Gasteiger partial charge in [0.1, 0.15) is 11.6 Å².